The third-order valence-electron chi connectivity index (χ3n) is 1.09. The quantitative estimate of drug-likeness (QED) is 0.429. The molecule has 3 N–H and O–H groups in total. The van der Waals surface area contributed by atoms with E-state index in [1.807, 2.05) is 0 Å². The molecule has 0 aromatic carbocycles. The molecule has 0 heterocycles. The third kappa shape index (κ3) is 4.72. The summed E-state index contributed by atoms with van der Waals surface area (Å²) >= 11 is 0. The molecule has 5 nitrogen and oxygen atoms in total. The molecule has 0 bridgehead atoms. The first-order valence-corrected chi connectivity index (χ1v) is 3.18. The molecular formula is C6H12O5. The van der Waals surface area contributed by atoms with Crippen LogP contribution in [0, 0.1) is 0 Å². The Morgan fingerprint density at radius 1 is 1.45 bits per heavy atom. The predicted molar refractivity (Wildman–Crippen MR) is 35.7 cm³/mol. The number of ether oxygens (including phenoxy) is 1. The fourth-order valence-corrected chi connectivity index (χ4v) is 0.435. The van der Waals surface area contributed by atoms with Crippen LogP contribution in [0.4, 0.5) is 0 Å². The highest BCUT2D eigenvalue weighted by Crippen LogP contribution is 1.93. The molecule has 11 heavy (non-hydrogen) atoms. The molecule has 2 unspecified atom stereocenters. The topological polar surface area (TPSA) is 87.0 Å². The maximum absolute atomic E-state index is 10.2. The summed E-state index contributed by atoms with van der Waals surface area (Å²) in [6, 6.07) is 0. The Balaban J connectivity index is 3.51. The van der Waals surface area contributed by atoms with E-state index in [1.165, 1.54) is 6.92 Å². The van der Waals surface area contributed by atoms with E-state index in [0.29, 0.717) is 0 Å². The number of hydrogen-bond donors (Lipinski definition) is 3. The molecule has 2 atom stereocenters. The molecule has 0 fully saturated rings. The smallest absolute Gasteiger partial charge is 0.302 e. The number of esters is 1. The molecule has 0 saturated carbocycles. The van der Waals surface area contributed by atoms with Gasteiger partial charge in [0.1, 0.15) is 18.8 Å². The van der Waals surface area contributed by atoms with E-state index >= 15 is 0 Å². The summed E-state index contributed by atoms with van der Waals surface area (Å²) in [6.45, 7) is 0.345. The summed E-state index contributed by atoms with van der Waals surface area (Å²) in [5.74, 6) is -0.533. The second-order valence-corrected chi connectivity index (χ2v) is 2.12. The summed E-state index contributed by atoms with van der Waals surface area (Å²) in [7, 11) is 0. The molecule has 0 saturated heterocycles. The van der Waals surface area contributed by atoms with E-state index < -0.39 is 24.8 Å². The first kappa shape index (κ1) is 10.3. The number of hydrogen-bond acceptors (Lipinski definition) is 5. The second-order valence-electron chi connectivity index (χ2n) is 2.12. The zero-order valence-electron chi connectivity index (χ0n) is 6.23. The van der Waals surface area contributed by atoms with E-state index in [1.54, 1.807) is 0 Å². The van der Waals surface area contributed by atoms with E-state index in [4.69, 9.17) is 15.3 Å². The van der Waals surface area contributed by atoms with Crippen molar-refractivity contribution < 1.29 is 24.9 Å². The van der Waals surface area contributed by atoms with Gasteiger partial charge in [-0.3, -0.25) is 4.79 Å². The van der Waals surface area contributed by atoms with Crippen LogP contribution in [0.3, 0.4) is 0 Å². The monoisotopic (exact) mass is 164 g/mol. The zero-order chi connectivity index (χ0) is 8.85. The van der Waals surface area contributed by atoms with Gasteiger partial charge >= 0.3 is 5.97 Å². The Morgan fingerprint density at radius 2 is 2.00 bits per heavy atom. The van der Waals surface area contributed by atoms with Crippen LogP contribution in [0.2, 0.25) is 0 Å². The lowest BCUT2D eigenvalue weighted by Gasteiger charge is -2.14. The van der Waals surface area contributed by atoms with Gasteiger partial charge < -0.3 is 20.1 Å². The Morgan fingerprint density at radius 3 is 2.36 bits per heavy atom. The summed E-state index contributed by atoms with van der Waals surface area (Å²) < 4.78 is 4.37. The number of carbonyl (C=O) groups is 1. The van der Waals surface area contributed by atoms with Crippen molar-refractivity contribution in [1.82, 2.24) is 0 Å². The van der Waals surface area contributed by atoms with Crippen LogP contribution in [0.25, 0.3) is 0 Å². The summed E-state index contributed by atoms with van der Waals surface area (Å²) in [5.41, 5.74) is 0. The van der Waals surface area contributed by atoms with Crippen molar-refractivity contribution in [1.29, 1.82) is 0 Å². The maximum atomic E-state index is 10.2. The summed E-state index contributed by atoms with van der Waals surface area (Å²) in [6.07, 6.45) is -2.47. The van der Waals surface area contributed by atoms with E-state index in [0.717, 1.165) is 0 Å². The summed E-state index contributed by atoms with van der Waals surface area (Å²) in [4.78, 5) is 10.2. The Hall–Kier alpha value is -0.650. The van der Waals surface area contributed by atoms with Gasteiger partial charge in [-0.15, -0.1) is 0 Å². The molecule has 0 aromatic heterocycles. The van der Waals surface area contributed by atoms with Gasteiger partial charge in [0.2, 0.25) is 0 Å². The lowest BCUT2D eigenvalue weighted by molar-refractivity contribution is -0.147. The molecule has 0 aromatic rings. The molecule has 0 amide bonds. The molecule has 66 valence electrons. The standard InChI is InChI=1S/C6H12O5/c1-4(8)11-3-6(10)5(9)2-7/h5-7,9-10H,2-3H2,1H3. The van der Waals surface area contributed by atoms with Gasteiger partial charge in [0.25, 0.3) is 0 Å². The van der Waals surface area contributed by atoms with Gasteiger partial charge in [-0.2, -0.15) is 0 Å². The van der Waals surface area contributed by atoms with Gasteiger partial charge in [-0.05, 0) is 0 Å². The van der Waals surface area contributed by atoms with E-state index in [2.05, 4.69) is 4.74 Å². The van der Waals surface area contributed by atoms with Crippen LogP contribution in [0.1, 0.15) is 6.92 Å². The van der Waals surface area contributed by atoms with Crippen LogP contribution in [0.15, 0.2) is 0 Å². The molecule has 0 aliphatic rings. The fraction of sp³-hybridized carbons (Fsp3) is 0.833. The molecule has 0 radical (unpaired) electrons. The first-order chi connectivity index (χ1) is 5.07. The van der Waals surface area contributed by atoms with Crippen molar-refractivity contribution in [3.8, 4) is 0 Å². The average Bonchev–Trinajstić information content (AvgIpc) is 1.98. The SMILES string of the molecule is CC(=O)OCC(O)C(O)CO. The molecule has 0 spiro atoms. The molecular weight excluding hydrogens is 152 g/mol. The van der Waals surface area contributed by atoms with Gasteiger partial charge in [-0.1, -0.05) is 0 Å². The third-order valence-corrected chi connectivity index (χ3v) is 1.09. The minimum absolute atomic E-state index is 0.295. The van der Waals surface area contributed by atoms with E-state index in [-0.39, 0.29) is 6.61 Å². The highest BCUT2D eigenvalue weighted by Gasteiger charge is 2.15. The molecule has 0 aliphatic carbocycles. The van der Waals surface area contributed by atoms with Crippen molar-refractivity contribution in [2.45, 2.75) is 19.1 Å². The maximum Gasteiger partial charge on any atom is 0.302 e. The lowest BCUT2D eigenvalue weighted by atomic mass is 10.2. The van der Waals surface area contributed by atoms with Gasteiger partial charge in [0, 0.05) is 6.92 Å². The Bertz CT molecular complexity index is 124. The second kappa shape index (κ2) is 5.06. The van der Waals surface area contributed by atoms with Crippen molar-refractivity contribution in [3.63, 3.8) is 0 Å². The highest BCUT2D eigenvalue weighted by molar-refractivity contribution is 5.65. The largest absolute Gasteiger partial charge is 0.463 e. The molecule has 0 rings (SSSR count). The van der Waals surface area contributed by atoms with Gasteiger partial charge in [-0.25, -0.2) is 0 Å². The number of carbonyl (C=O) groups excluding carboxylic acids is 1. The summed E-state index contributed by atoms with van der Waals surface area (Å²) in [5, 5.41) is 25.9. The van der Waals surface area contributed by atoms with Crippen molar-refractivity contribution >= 4 is 5.97 Å². The van der Waals surface area contributed by atoms with Crippen molar-refractivity contribution in [3.05, 3.63) is 0 Å². The number of rotatable bonds is 4. The van der Waals surface area contributed by atoms with Crippen molar-refractivity contribution in [2.24, 2.45) is 0 Å². The Kier molecular flexibility index (Phi) is 4.76. The number of aliphatic hydroxyl groups excluding tert-OH is 3. The highest BCUT2D eigenvalue weighted by atomic mass is 16.5. The van der Waals surface area contributed by atoms with Crippen molar-refractivity contribution in [2.75, 3.05) is 13.2 Å². The van der Waals surface area contributed by atoms with Gasteiger partial charge in [0.15, 0.2) is 0 Å². The van der Waals surface area contributed by atoms with Crippen LogP contribution >= 0.6 is 0 Å². The van der Waals surface area contributed by atoms with Crippen LogP contribution in [-0.2, 0) is 9.53 Å². The van der Waals surface area contributed by atoms with Crippen LogP contribution < -0.4 is 0 Å². The minimum Gasteiger partial charge on any atom is -0.463 e. The average molecular weight is 164 g/mol. The van der Waals surface area contributed by atoms with Crippen LogP contribution in [-0.4, -0.2) is 46.7 Å². The first-order valence-electron chi connectivity index (χ1n) is 3.18. The molecule has 0 aliphatic heterocycles. The lowest BCUT2D eigenvalue weighted by Crippen LogP contribution is -2.33. The number of aliphatic hydroxyl groups is 3. The predicted octanol–water partition coefficient (Wildman–Crippen LogP) is -1.74. The molecule has 5 heteroatoms. The van der Waals surface area contributed by atoms with Crippen LogP contribution in [0.5, 0.6) is 0 Å². The minimum atomic E-state index is -1.26. The zero-order valence-corrected chi connectivity index (χ0v) is 6.23. The normalized spacial score (nSPS) is 15.6. The van der Waals surface area contributed by atoms with Gasteiger partial charge in [0.05, 0.1) is 6.61 Å². The van der Waals surface area contributed by atoms with E-state index in [9.17, 15) is 4.79 Å². The Labute approximate surface area is 64.2 Å². The fourth-order valence-electron chi connectivity index (χ4n) is 0.435.